The van der Waals surface area contributed by atoms with E-state index in [4.69, 9.17) is 19.9 Å². The number of anilines is 2. The number of hydrogen-bond donors (Lipinski definition) is 5. The third kappa shape index (κ3) is 8.49. The maximum absolute atomic E-state index is 13.6. The summed E-state index contributed by atoms with van der Waals surface area (Å²) in [7, 11) is 0. The van der Waals surface area contributed by atoms with E-state index in [0.717, 1.165) is 11.1 Å². The highest BCUT2D eigenvalue weighted by atomic mass is 16.5. The Morgan fingerprint density at radius 2 is 1.69 bits per heavy atom. The Labute approximate surface area is 244 Å². The molecular formula is C29H38N6O7. The van der Waals surface area contributed by atoms with Crippen LogP contribution in [0.1, 0.15) is 34.3 Å². The summed E-state index contributed by atoms with van der Waals surface area (Å²) in [6.07, 6.45) is 0.446. The number of rotatable bonds is 17. The lowest BCUT2D eigenvalue weighted by Crippen LogP contribution is -2.52. The summed E-state index contributed by atoms with van der Waals surface area (Å²) >= 11 is 0. The Balaban J connectivity index is 1.38. The van der Waals surface area contributed by atoms with Crippen LogP contribution < -0.4 is 27.0 Å². The van der Waals surface area contributed by atoms with Crippen molar-refractivity contribution in [3.05, 3.63) is 59.2 Å². The van der Waals surface area contributed by atoms with E-state index in [9.17, 15) is 19.2 Å². The van der Waals surface area contributed by atoms with Crippen molar-refractivity contribution in [1.29, 1.82) is 0 Å². The van der Waals surface area contributed by atoms with E-state index < -0.39 is 11.9 Å². The second kappa shape index (κ2) is 15.8. The molecule has 2 heterocycles. The van der Waals surface area contributed by atoms with Gasteiger partial charge in [0.1, 0.15) is 6.04 Å². The second-order valence-corrected chi connectivity index (χ2v) is 9.76. The predicted octanol–water partition coefficient (Wildman–Crippen LogP) is 0.554. The number of nitrogens with zero attached hydrogens (tertiary/aromatic N) is 1. The van der Waals surface area contributed by atoms with Gasteiger partial charge in [0.2, 0.25) is 17.7 Å². The summed E-state index contributed by atoms with van der Waals surface area (Å²) in [5, 5.41) is 11.6. The first-order valence-corrected chi connectivity index (χ1v) is 14.0. The van der Waals surface area contributed by atoms with Gasteiger partial charge in [0.25, 0.3) is 5.91 Å². The van der Waals surface area contributed by atoms with Crippen molar-refractivity contribution in [2.24, 2.45) is 5.73 Å². The van der Waals surface area contributed by atoms with E-state index in [-0.39, 0.29) is 50.4 Å². The van der Waals surface area contributed by atoms with Gasteiger partial charge >= 0.3 is 0 Å². The first kappa shape index (κ1) is 30.9. The number of piperidine rings is 1. The minimum absolute atomic E-state index is 0.00689. The zero-order valence-electron chi connectivity index (χ0n) is 23.5. The first-order valence-electron chi connectivity index (χ1n) is 14.0. The number of imide groups is 1. The first-order chi connectivity index (χ1) is 20.5. The van der Waals surface area contributed by atoms with Gasteiger partial charge in [-0.05, 0) is 23.6 Å². The van der Waals surface area contributed by atoms with Crippen LogP contribution in [0, 0.1) is 0 Å². The molecule has 1 saturated heterocycles. The molecule has 0 radical (unpaired) electrons. The molecule has 42 heavy (non-hydrogen) atoms. The van der Waals surface area contributed by atoms with Gasteiger partial charge in [-0.1, -0.05) is 36.4 Å². The van der Waals surface area contributed by atoms with Gasteiger partial charge in [0, 0.05) is 26.1 Å². The van der Waals surface area contributed by atoms with E-state index in [2.05, 4.69) is 21.3 Å². The van der Waals surface area contributed by atoms with Crippen LogP contribution >= 0.6 is 0 Å². The monoisotopic (exact) mass is 582 g/mol. The summed E-state index contributed by atoms with van der Waals surface area (Å²) in [5.41, 5.74) is 8.53. The van der Waals surface area contributed by atoms with Gasteiger partial charge in [0.05, 0.1) is 63.2 Å². The minimum Gasteiger partial charge on any atom is -0.380 e. The van der Waals surface area contributed by atoms with E-state index >= 15 is 0 Å². The standard InChI is InChI=1S/C29H38N6O7/c30-19-42-15-14-41-13-12-40-11-10-31-27-22(32-17-25(37)33-16-20-4-2-1-3-5-20)7-6-21-18-35(29(39)26(21)27)23-8-9-24(36)34-28(23)38/h1-7,23,31-32H,8-19,30H2,(H,33,37)(H,34,36,38). The zero-order chi connectivity index (χ0) is 29.7. The molecule has 1 fully saturated rings. The van der Waals surface area contributed by atoms with Crippen molar-refractivity contribution < 1.29 is 33.4 Å². The van der Waals surface area contributed by atoms with Crippen molar-refractivity contribution in [3.8, 4) is 0 Å². The third-order valence-electron chi connectivity index (χ3n) is 6.88. The predicted molar refractivity (Wildman–Crippen MR) is 154 cm³/mol. The summed E-state index contributed by atoms with van der Waals surface area (Å²) in [5.74, 6) is -1.33. The Hall–Kier alpha value is -4.04. The number of hydrogen-bond acceptors (Lipinski definition) is 10. The number of carbonyl (C=O) groups is 4. The Bertz CT molecular complexity index is 1240. The SMILES string of the molecule is NCOCCOCCOCCNc1c(NCC(=O)NCc2ccccc2)ccc2c1C(=O)N(C1CCC(=O)NC1=O)C2. The minimum atomic E-state index is -0.728. The van der Waals surface area contributed by atoms with E-state index in [1.54, 1.807) is 0 Å². The topological polar surface area (TPSA) is 173 Å². The average Bonchev–Trinajstić information content (AvgIpc) is 3.32. The molecule has 0 aromatic heterocycles. The lowest BCUT2D eigenvalue weighted by molar-refractivity contribution is -0.137. The number of benzene rings is 2. The number of carbonyl (C=O) groups excluding carboxylic acids is 4. The van der Waals surface area contributed by atoms with E-state index in [1.807, 2.05) is 42.5 Å². The molecule has 2 aliphatic rings. The van der Waals surface area contributed by atoms with E-state index in [0.29, 0.717) is 63.1 Å². The molecule has 1 atom stereocenters. The molecule has 2 aromatic rings. The van der Waals surface area contributed by atoms with Gasteiger partial charge in [-0.25, -0.2) is 0 Å². The van der Waals surface area contributed by atoms with Crippen molar-refractivity contribution in [2.45, 2.75) is 32.0 Å². The Kier molecular flexibility index (Phi) is 11.6. The van der Waals surface area contributed by atoms with Crippen molar-refractivity contribution in [2.75, 3.05) is 63.5 Å². The molecule has 1 unspecified atom stereocenters. The average molecular weight is 583 g/mol. The van der Waals surface area contributed by atoms with Crippen LogP contribution in [0.3, 0.4) is 0 Å². The molecule has 0 bridgehead atoms. The number of amides is 4. The highest BCUT2D eigenvalue weighted by Crippen LogP contribution is 2.37. The molecule has 4 rings (SSSR count). The summed E-state index contributed by atoms with van der Waals surface area (Å²) < 4.78 is 16.1. The van der Waals surface area contributed by atoms with Crippen molar-refractivity contribution in [3.63, 3.8) is 0 Å². The van der Waals surface area contributed by atoms with Gasteiger partial charge in [-0.3, -0.25) is 24.5 Å². The lowest BCUT2D eigenvalue weighted by atomic mass is 10.0. The molecule has 2 aromatic carbocycles. The summed E-state index contributed by atoms with van der Waals surface area (Å²) in [6, 6.07) is 12.5. The highest BCUT2D eigenvalue weighted by molar-refractivity contribution is 6.09. The normalized spacial score (nSPS) is 16.3. The third-order valence-corrected chi connectivity index (χ3v) is 6.88. The number of nitrogens with two attached hydrogens (primary N) is 1. The maximum Gasteiger partial charge on any atom is 0.257 e. The Morgan fingerprint density at radius 3 is 2.43 bits per heavy atom. The smallest absolute Gasteiger partial charge is 0.257 e. The van der Waals surface area contributed by atoms with Crippen LogP contribution in [0.2, 0.25) is 0 Å². The number of nitrogens with one attached hydrogen (secondary N) is 4. The fraction of sp³-hybridized carbons (Fsp3) is 0.448. The van der Waals surface area contributed by atoms with Gasteiger partial charge in [-0.2, -0.15) is 0 Å². The van der Waals surface area contributed by atoms with Crippen LogP contribution in [-0.2, 0) is 41.7 Å². The summed E-state index contributed by atoms with van der Waals surface area (Å²) in [4.78, 5) is 51.9. The molecule has 13 heteroatoms. The van der Waals surface area contributed by atoms with Crippen LogP contribution in [0.15, 0.2) is 42.5 Å². The molecule has 4 amide bonds. The van der Waals surface area contributed by atoms with Crippen molar-refractivity contribution in [1.82, 2.24) is 15.5 Å². The molecule has 0 saturated carbocycles. The van der Waals surface area contributed by atoms with Crippen LogP contribution in [0.5, 0.6) is 0 Å². The largest absolute Gasteiger partial charge is 0.380 e. The van der Waals surface area contributed by atoms with Gasteiger partial charge in [0.15, 0.2) is 0 Å². The molecule has 0 aliphatic carbocycles. The fourth-order valence-electron chi connectivity index (χ4n) is 4.79. The van der Waals surface area contributed by atoms with E-state index in [1.165, 1.54) is 4.90 Å². The van der Waals surface area contributed by atoms with Crippen LogP contribution in [0.4, 0.5) is 11.4 Å². The van der Waals surface area contributed by atoms with Crippen LogP contribution in [-0.4, -0.2) is 87.4 Å². The number of ether oxygens (including phenoxy) is 3. The lowest BCUT2D eigenvalue weighted by Gasteiger charge is -2.29. The molecule has 6 N–H and O–H groups in total. The molecular weight excluding hydrogens is 544 g/mol. The van der Waals surface area contributed by atoms with Crippen molar-refractivity contribution >= 4 is 35.0 Å². The molecule has 0 spiro atoms. The molecule has 13 nitrogen and oxygen atoms in total. The highest BCUT2D eigenvalue weighted by Gasteiger charge is 2.40. The molecule has 226 valence electrons. The van der Waals surface area contributed by atoms with Gasteiger partial charge in [-0.15, -0.1) is 0 Å². The number of fused-ring (bicyclic) bond motifs is 1. The zero-order valence-corrected chi connectivity index (χ0v) is 23.5. The van der Waals surface area contributed by atoms with Crippen LogP contribution in [0.25, 0.3) is 0 Å². The van der Waals surface area contributed by atoms with Gasteiger partial charge < -0.3 is 40.8 Å². The second-order valence-electron chi connectivity index (χ2n) is 9.76. The molecule has 2 aliphatic heterocycles. The fourth-order valence-corrected chi connectivity index (χ4v) is 4.79. The quantitative estimate of drug-likeness (QED) is 0.101. The maximum atomic E-state index is 13.6. The Morgan fingerprint density at radius 1 is 0.952 bits per heavy atom. The summed E-state index contributed by atoms with van der Waals surface area (Å²) in [6.45, 7) is 3.14.